The molecule has 9 heteroatoms. The Bertz CT molecular complexity index is 535. The van der Waals surface area contributed by atoms with Crippen molar-refractivity contribution in [1.82, 2.24) is 25.1 Å². The lowest BCUT2D eigenvalue weighted by atomic mass is 10.4. The summed E-state index contributed by atoms with van der Waals surface area (Å²) in [6.45, 7) is 1.86. The minimum absolute atomic E-state index is 0.118. The zero-order chi connectivity index (χ0) is 13.2. The van der Waals surface area contributed by atoms with E-state index in [0.29, 0.717) is 11.6 Å². The molecule has 2 aromatic heterocycles. The van der Waals surface area contributed by atoms with Crippen molar-refractivity contribution in [3.63, 3.8) is 0 Å². The second-order valence-electron chi connectivity index (χ2n) is 3.45. The summed E-state index contributed by atoms with van der Waals surface area (Å²) in [4.78, 5) is 11.0. The molecular weight excluding hydrogens is 249 g/mol. The fourth-order valence-corrected chi connectivity index (χ4v) is 1.23. The van der Waals surface area contributed by atoms with Gasteiger partial charge in [0.05, 0.1) is 6.54 Å². The number of anilines is 1. The van der Waals surface area contributed by atoms with Crippen LogP contribution in [0, 0.1) is 6.92 Å². The largest absolute Gasteiger partial charge is 0.433 e. The summed E-state index contributed by atoms with van der Waals surface area (Å²) in [5, 5.41) is 9.06. The molecule has 18 heavy (non-hydrogen) atoms. The van der Waals surface area contributed by atoms with Crippen LogP contribution in [0.25, 0.3) is 0 Å². The molecule has 0 bridgehead atoms. The van der Waals surface area contributed by atoms with Gasteiger partial charge in [-0.15, -0.1) is 0 Å². The quantitative estimate of drug-likeness (QED) is 0.872. The third-order valence-corrected chi connectivity index (χ3v) is 1.99. The van der Waals surface area contributed by atoms with Crippen molar-refractivity contribution in [2.75, 3.05) is 5.32 Å². The Hall–Kier alpha value is -2.19. The lowest BCUT2D eigenvalue weighted by Gasteiger charge is -2.07. The molecule has 0 saturated heterocycles. The highest BCUT2D eigenvalue weighted by Gasteiger charge is 2.32. The van der Waals surface area contributed by atoms with Gasteiger partial charge in [-0.05, 0) is 13.0 Å². The van der Waals surface area contributed by atoms with Gasteiger partial charge in [-0.2, -0.15) is 18.3 Å². The summed E-state index contributed by atoms with van der Waals surface area (Å²) in [6.07, 6.45) is -3.44. The van der Waals surface area contributed by atoms with E-state index in [1.165, 1.54) is 0 Å². The van der Waals surface area contributed by atoms with Crippen molar-refractivity contribution in [1.29, 1.82) is 0 Å². The first-order valence-electron chi connectivity index (χ1n) is 4.97. The number of nitrogens with one attached hydrogen (secondary N) is 2. The van der Waals surface area contributed by atoms with Crippen LogP contribution >= 0.6 is 0 Å². The van der Waals surface area contributed by atoms with E-state index in [0.717, 1.165) is 12.3 Å². The fourth-order valence-electron chi connectivity index (χ4n) is 1.23. The van der Waals surface area contributed by atoms with E-state index >= 15 is 0 Å². The number of hydrogen-bond acceptors (Lipinski definition) is 5. The van der Waals surface area contributed by atoms with Crippen LogP contribution in [-0.4, -0.2) is 25.1 Å². The summed E-state index contributed by atoms with van der Waals surface area (Å²) in [5.41, 5.74) is -0.994. The monoisotopic (exact) mass is 258 g/mol. The Morgan fingerprint density at radius 3 is 2.72 bits per heavy atom. The van der Waals surface area contributed by atoms with Gasteiger partial charge < -0.3 is 5.32 Å². The molecule has 0 aliphatic rings. The van der Waals surface area contributed by atoms with Crippen LogP contribution < -0.4 is 5.32 Å². The number of hydrogen-bond donors (Lipinski definition) is 2. The van der Waals surface area contributed by atoms with Crippen LogP contribution in [0.15, 0.2) is 12.3 Å². The van der Waals surface area contributed by atoms with Gasteiger partial charge in [0, 0.05) is 6.20 Å². The minimum Gasteiger partial charge on any atom is -0.347 e. The number of nitrogens with zero attached hydrogens (tertiary/aromatic N) is 4. The third-order valence-electron chi connectivity index (χ3n) is 1.99. The van der Waals surface area contributed by atoms with Crippen LogP contribution in [-0.2, 0) is 12.7 Å². The van der Waals surface area contributed by atoms with Gasteiger partial charge in [-0.25, -0.2) is 15.0 Å². The van der Waals surface area contributed by atoms with E-state index in [9.17, 15) is 13.2 Å². The maximum atomic E-state index is 12.4. The first-order valence-corrected chi connectivity index (χ1v) is 4.97. The Labute approximate surface area is 99.7 Å². The van der Waals surface area contributed by atoms with Crippen molar-refractivity contribution in [3.8, 4) is 0 Å². The summed E-state index contributed by atoms with van der Waals surface area (Å²) < 4.78 is 37.2. The molecule has 0 spiro atoms. The standard InChI is InChI=1S/C9H9F3N6/c1-5-15-7(18-17-5)4-14-8-13-3-2-6(16-8)9(10,11)12/h2-3H,4H2,1H3,(H,13,14,16)(H,15,17,18). The van der Waals surface area contributed by atoms with Gasteiger partial charge in [0.15, 0.2) is 5.82 Å². The number of aromatic amines is 1. The summed E-state index contributed by atoms with van der Waals surface area (Å²) in [6, 6.07) is 0.808. The highest BCUT2D eigenvalue weighted by molar-refractivity contribution is 5.26. The topological polar surface area (TPSA) is 79.4 Å². The van der Waals surface area contributed by atoms with Crippen molar-refractivity contribution in [2.45, 2.75) is 19.6 Å². The van der Waals surface area contributed by atoms with E-state index in [-0.39, 0.29) is 12.5 Å². The minimum atomic E-state index is -4.49. The number of rotatable bonds is 3. The van der Waals surface area contributed by atoms with Crippen LogP contribution in [0.4, 0.5) is 19.1 Å². The van der Waals surface area contributed by atoms with Crippen LogP contribution in [0.3, 0.4) is 0 Å². The number of aromatic nitrogens is 5. The Balaban J connectivity index is 2.06. The number of alkyl halides is 3. The normalized spacial score (nSPS) is 11.6. The smallest absolute Gasteiger partial charge is 0.347 e. The average Bonchev–Trinajstić information content (AvgIpc) is 2.72. The molecule has 0 unspecified atom stereocenters. The van der Waals surface area contributed by atoms with Gasteiger partial charge in [0.1, 0.15) is 11.5 Å². The van der Waals surface area contributed by atoms with Crippen LogP contribution in [0.1, 0.15) is 17.3 Å². The Kier molecular flexibility index (Phi) is 3.13. The second kappa shape index (κ2) is 4.59. The third kappa shape index (κ3) is 2.93. The van der Waals surface area contributed by atoms with E-state index in [2.05, 4.69) is 30.5 Å². The van der Waals surface area contributed by atoms with E-state index in [1.54, 1.807) is 6.92 Å². The molecule has 96 valence electrons. The first-order chi connectivity index (χ1) is 8.45. The molecule has 2 rings (SSSR count). The van der Waals surface area contributed by atoms with Crippen molar-refractivity contribution >= 4 is 5.95 Å². The van der Waals surface area contributed by atoms with E-state index < -0.39 is 11.9 Å². The van der Waals surface area contributed by atoms with E-state index in [1.807, 2.05) is 0 Å². The molecule has 0 aliphatic carbocycles. The molecule has 0 fully saturated rings. The molecule has 0 atom stereocenters. The lowest BCUT2D eigenvalue weighted by Crippen LogP contribution is -2.11. The van der Waals surface area contributed by atoms with Crippen LogP contribution in [0.5, 0.6) is 0 Å². The first kappa shape index (κ1) is 12.3. The van der Waals surface area contributed by atoms with Crippen molar-refractivity contribution < 1.29 is 13.2 Å². The summed E-state index contributed by atoms with van der Waals surface area (Å²) in [7, 11) is 0. The highest BCUT2D eigenvalue weighted by atomic mass is 19.4. The van der Waals surface area contributed by atoms with Crippen LogP contribution in [0.2, 0.25) is 0 Å². The SMILES string of the molecule is Cc1nc(CNc2nccc(C(F)(F)F)n2)n[nH]1. The molecule has 0 saturated carbocycles. The zero-order valence-electron chi connectivity index (χ0n) is 9.28. The second-order valence-corrected chi connectivity index (χ2v) is 3.45. The lowest BCUT2D eigenvalue weighted by molar-refractivity contribution is -0.141. The zero-order valence-corrected chi connectivity index (χ0v) is 9.28. The fraction of sp³-hybridized carbons (Fsp3) is 0.333. The van der Waals surface area contributed by atoms with Gasteiger partial charge in [-0.1, -0.05) is 0 Å². The molecule has 0 aliphatic heterocycles. The average molecular weight is 258 g/mol. The summed E-state index contributed by atoms with van der Waals surface area (Å²) >= 11 is 0. The maximum absolute atomic E-state index is 12.4. The van der Waals surface area contributed by atoms with Gasteiger partial charge >= 0.3 is 6.18 Å². The highest BCUT2D eigenvalue weighted by Crippen LogP contribution is 2.27. The molecule has 0 amide bonds. The predicted octanol–water partition coefficient (Wildman–Crippen LogP) is 1.53. The molecular formula is C9H9F3N6. The van der Waals surface area contributed by atoms with Gasteiger partial charge in [0.2, 0.25) is 5.95 Å². The molecule has 2 N–H and O–H groups in total. The number of aryl methyl sites for hydroxylation is 1. The van der Waals surface area contributed by atoms with Gasteiger partial charge in [0.25, 0.3) is 0 Å². The van der Waals surface area contributed by atoms with Gasteiger partial charge in [-0.3, -0.25) is 5.10 Å². The van der Waals surface area contributed by atoms with Crippen molar-refractivity contribution in [3.05, 3.63) is 29.6 Å². The van der Waals surface area contributed by atoms with Crippen molar-refractivity contribution in [2.24, 2.45) is 0 Å². The molecule has 2 heterocycles. The number of H-pyrrole nitrogens is 1. The Morgan fingerprint density at radius 1 is 1.33 bits per heavy atom. The number of halogens is 3. The molecule has 6 nitrogen and oxygen atoms in total. The van der Waals surface area contributed by atoms with E-state index in [4.69, 9.17) is 0 Å². The predicted molar refractivity (Wildman–Crippen MR) is 55.5 cm³/mol. The molecule has 0 radical (unpaired) electrons. The Morgan fingerprint density at radius 2 is 2.11 bits per heavy atom. The molecule has 0 aromatic carbocycles. The molecule has 2 aromatic rings. The maximum Gasteiger partial charge on any atom is 0.433 e. The summed E-state index contributed by atoms with van der Waals surface area (Å²) in [5.74, 6) is 0.928.